The second-order valence-corrected chi connectivity index (χ2v) is 9.30. The highest BCUT2D eigenvalue weighted by Crippen LogP contribution is 2.25. The quantitative estimate of drug-likeness (QED) is 0.460. The molecular formula is C26H23N3O2S. The Morgan fingerprint density at radius 2 is 1.75 bits per heavy atom. The minimum atomic E-state index is -0.981. The van der Waals surface area contributed by atoms with Gasteiger partial charge in [-0.25, -0.2) is 9.19 Å². The fourth-order valence-electron chi connectivity index (χ4n) is 3.91. The fraction of sp³-hybridized carbons (Fsp3) is 0.154. The van der Waals surface area contributed by atoms with Crippen LogP contribution in [0.4, 0.5) is 11.4 Å². The van der Waals surface area contributed by atoms with Gasteiger partial charge in [-0.05, 0) is 61.4 Å². The van der Waals surface area contributed by atoms with Crippen molar-refractivity contribution in [1.29, 1.82) is 0 Å². The van der Waals surface area contributed by atoms with Crippen LogP contribution in [-0.2, 0) is 11.0 Å². The van der Waals surface area contributed by atoms with Gasteiger partial charge in [0.15, 0.2) is 0 Å². The molecule has 1 aliphatic rings. The lowest BCUT2D eigenvalue weighted by molar-refractivity contribution is 0.102. The van der Waals surface area contributed by atoms with Crippen LogP contribution in [0, 0.1) is 0 Å². The Bertz CT molecular complexity index is 1300. The number of carbonyl (C=O) groups is 1. The van der Waals surface area contributed by atoms with E-state index in [9.17, 15) is 9.00 Å². The SMILES string of the molecule is O=C(Nc1cccc(-c2ccc3ccccc3n2)c1)c1ccc(N2CCCCS2=O)cc1. The van der Waals surface area contributed by atoms with E-state index in [0.29, 0.717) is 17.0 Å². The molecule has 0 radical (unpaired) electrons. The largest absolute Gasteiger partial charge is 0.322 e. The van der Waals surface area contributed by atoms with E-state index in [1.807, 2.05) is 71.0 Å². The highest BCUT2D eigenvalue weighted by Gasteiger charge is 2.18. The van der Waals surface area contributed by atoms with Gasteiger partial charge in [0.1, 0.15) is 11.0 Å². The van der Waals surface area contributed by atoms with Crippen molar-refractivity contribution in [2.45, 2.75) is 12.8 Å². The summed E-state index contributed by atoms with van der Waals surface area (Å²) in [6, 6.07) is 27.1. The molecule has 1 aliphatic heterocycles. The Hall–Kier alpha value is -3.51. The lowest BCUT2D eigenvalue weighted by Crippen LogP contribution is -2.32. The number of amides is 1. The van der Waals surface area contributed by atoms with Crippen molar-refractivity contribution in [1.82, 2.24) is 4.98 Å². The molecule has 1 unspecified atom stereocenters. The van der Waals surface area contributed by atoms with Crippen molar-refractivity contribution in [3.63, 3.8) is 0 Å². The molecule has 1 fully saturated rings. The van der Waals surface area contributed by atoms with E-state index in [1.54, 1.807) is 12.1 Å². The summed E-state index contributed by atoms with van der Waals surface area (Å²) in [6.07, 6.45) is 2.04. The van der Waals surface area contributed by atoms with Gasteiger partial charge in [-0.3, -0.25) is 9.10 Å². The van der Waals surface area contributed by atoms with Gasteiger partial charge in [0.25, 0.3) is 5.91 Å². The van der Waals surface area contributed by atoms with E-state index in [0.717, 1.165) is 47.2 Å². The van der Waals surface area contributed by atoms with Gasteiger partial charge >= 0.3 is 0 Å². The maximum atomic E-state index is 12.8. The molecule has 160 valence electrons. The van der Waals surface area contributed by atoms with Crippen LogP contribution in [0.2, 0.25) is 0 Å². The molecule has 0 spiro atoms. The Labute approximate surface area is 189 Å². The molecule has 1 aromatic heterocycles. The van der Waals surface area contributed by atoms with Crippen molar-refractivity contribution in [3.8, 4) is 11.3 Å². The van der Waals surface area contributed by atoms with E-state index in [1.165, 1.54) is 0 Å². The van der Waals surface area contributed by atoms with Gasteiger partial charge in [-0.1, -0.05) is 36.4 Å². The molecule has 0 saturated carbocycles. The predicted molar refractivity (Wildman–Crippen MR) is 131 cm³/mol. The zero-order valence-electron chi connectivity index (χ0n) is 17.5. The first-order valence-corrected chi connectivity index (χ1v) is 12.0. The second-order valence-electron chi connectivity index (χ2n) is 7.81. The molecule has 0 aliphatic carbocycles. The van der Waals surface area contributed by atoms with Crippen LogP contribution in [0.3, 0.4) is 0 Å². The third kappa shape index (κ3) is 4.27. The molecule has 32 heavy (non-hydrogen) atoms. The average Bonchev–Trinajstić information content (AvgIpc) is 2.84. The van der Waals surface area contributed by atoms with E-state index < -0.39 is 11.0 Å². The Balaban J connectivity index is 1.32. The molecule has 1 amide bonds. The van der Waals surface area contributed by atoms with Crippen LogP contribution < -0.4 is 9.62 Å². The zero-order valence-corrected chi connectivity index (χ0v) is 18.3. The van der Waals surface area contributed by atoms with Gasteiger partial charge in [0, 0.05) is 40.2 Å². The Morgan fingerprint density at radius 1 is 0.906 bits per heavy atom. The van der Waals surface area contributed by atoms with Crippen LogP contribution >= 0.6 is 0 Å². The smallest absolute Gasteiger partial charge is 0.255 e. The van der Waals surface area contributed by atoms with Crippen LogP contribution in [-0.4, -0.2) is 27.4 Å². The number of rotatable bonds is 4. The second kappa shape index (κ2) is 8.93. The number of nitrogens with one attached hydrogen (secondary N) is 1. The lowest BCUT2D eigenvalue weighted by atomic mass is 10.1. The molecule has 0 bridgehead atoms. The Morgan fingerprint density at radius 3 is 2.59 bits per heavy atom. The number of pyridine rings is 1. The summed E-state index contributed by atoms with van der Waals surface area (Å²) in [7, 11) is -0.981. The lowest BCUT2D eigenvalue weighted by Gasteiger charge is -2.27. The minimum Gasteiger partial charge on any atom is -0.322 e. The molecule has 6 heteroatoms. The monoisotopic (exact) mass is 441 g/mol. The van der Waals surface area contributed by atoms with E-state index in [2.05, 4.69) is 11.4 Å². The normalized spacial score (nSPS) is 16.1. The van der Waals surface area contributed by atoms with Crippen molar-refractivity contribution >= 4 is 39.2 Å². The molecule has 3 aromatic carbocycles. The minimum absolute atomic E-state index is 0.181. The first-order valence-electron chi connectivity index (χ1n) is 10.7. The average molecular weight is 442 g/mol. The number of nitrogens with zero attached hydrogens (tertiary/aromatic N) is 2. The summed E-state index contributed by atoms with van der Waals surface area (Å²) >= 11 is 0. The number of carbonyl (C=O) groups excluding carboxylic acids is 1. The summed E-state index contributed by atoms with van der Waals surface area (Å²) in [6.45, 7) is 0.785. The standard InChI is InChI=1S/C26H23N3O2S/c30-26(20-10-13-23(14-11-20)29-16-3-4-17-32(29)31)27-22-8-5-7-21(18-22)25-15-12-19-6-1-2-9-24(19)28-25/h1-2,5-15,18H,3-4,16-17H2,(H,27,30). The summed E-state index contributed by atoms with van der Waals surface area (Å²) in [5.74, 6) is 0.518. The number of anilines is 2. The van der Waals surface area contributed by atoms with Crippen molar-refractivity contribution in [3.05, 3.63) is 90.5 Å². The summed E-state index contributed by atoms with van der Waals surface area (Å²) < 4.78 is 14.1. The first kappa shape index (κ1) is 20.4. The summed E-state index contributed by atoms with van der Waals surface area (Å²) in [5.41, 5.74) is 4.91. The topological polar surface area (TPSA) is 62.3 Å². The molecule has 1 atom stereocenters. The fourth-order valence-corrected chi connectivity index (χ4v) is 5.27. The number of hydrogen-bond acceptors (Lipinski definition) is 3. The van der Waals surface area contributed by atoms with Gasteiger partial charge in [-0.2, -0.15) is 0 Å². The maximum absolute atomic E-state index is 12.8. The molecule has 2 heterocycles. The Kier molecular flexibility index (Phi) is 5.69. The summed E-state index contributed by atoms with van der Waals surface area (Å²) in [4.78, 5) is 17.5. The molecule has 1 saturated heterocycles. The number of para-hydroxylation sites is 1. The van der Waals surface area contributed by atoms with Crippen LogP contribution in [0.25, 0.3) is 22.2 Å². The molecule has 1 N–H and O–H groups in total. The van der Waals surface area contributed by atoms with Crippen molar-refractivity contribution < 1.29 is 9.00 Å². The highest BCUT2D eigenvalue weighted by molar-refractivity contribution is 7.86. The third-order valence-electron chi connectivity index (χ3n) is 5.61. The molecule has 4 aromatic rings. The highest BCUT2D eigenvalue weighted by atomic mass is 32.2. The van der Waals surface area contributed by atoms with Gasteiger partial charge in [-0.15, -0.1) is 0 Å². The van der Waals surface area contributed by atoms with Gasteiger partial charge in [0.2, 0.25) is 0 Å². The molecule has 5 nitrogen and oxygen atoms in total. The van der Waals surface area contributed by atoms with Crippen LogP contribution in [0.5, 0.6) is 0 Å². The third-order valence-corrected chi connectivity index (χ3v) is 7.13. The van der Waals surface area contributed by atoms with Crippen LogP contribution in [0.1, 0.15) is 23.2 Å². The van der Waals surface area contributed by atoms with E-state index in [4.69, 9.17) is 4.98 Å². The van der Waals surface area contributed by atoms with Gasteiger partial charge < -0.3 is 5.32 Å². The molecular weight excluding hydrogens is 418 g/mol. The van der Waals surface area contributed by atoms with E-state index >= 15 is 0 Å². The predicted octanol–water partition coefficient (Wildman–Crippen LogP) is 5.42. The van der Waals surface area contributed by atoms with Gasteiger partial charge in [0.05, 0.1) is 11.2 Å². The number of fused-ring (bicyclic) bond motifs is 1. The summed E-state index contributed by atoms with van der Waals surface area (Å²) in [5, 5.41) is 4.07. The zero-order chi connectivity index (χ0) is 21.9. The number of benzene rings is 3. The van der Waals surface area contributed by atoms with Crippen LogP contribution in [0.15, 0.2) is 84.9 Å². The number of hydrogen-bond donors (Lipinski definition) is 1. The van der Waals surface area contributed by atoms with E-state index in [-0.39, 0.29) is 5.91 Å². The van der Waals surface area contributed by atoms with Crippen molar-refractivity contribution in [2.24, 2.45) is 0 Å². The van der Waals surface area contributed by atoms with Crippen molar-refractivity contribution in [2.75, 3.05) is 21.9 Å². The maximum Gasteiger partial charge on any atom is 0.255 e. The number of aromatic nitrogens is 1. The first-order chi connectivity index (χ1) is 15.7. The molecule has 5 rings (SSSR count).